The van der Waals surface area contributed by atoms with Crippen LogP contribution < -0.4 is 0 Å². The van der Waals surface area contributed by atoms with Crippen molar-refractivity contribution in [3.63, 3.8) is 0 Å². The van der Waals surface area contributed by atoms with E-state index in [-0.39, 0.29) is 45.5 Å². The van der Waals surface area contributed by atoms with Crippen molar-refractivity contribution in [3.05, 3.63) is 126 Å². The standard InChI is InChI=1S/C17H15N3O5S.C17H15N3O2.Cr/c1-11-14(10-18-15-4-2-3-5-16(15)21)17(22)20(19-11)12-6-8-13(9-7-12)26(23,24)25;1-12-14(11-18-15-9-5-6-10-16(15)21)17(22)20(19-12)13-7-3-2-4-8-13;/h2-10,21-22H,1H3,(H,23,24,25);2-11,21-22H,1H3;. The Morgan fingerprint density at radius 3 is 1.39 bits per heavy atom. The molecule has 0 aliphatic rings. The zero-order valence-corrected chi connectivity index (χ0v) is 28.1. The normalized spacial score (nSPS) is 11.3. The van der Waals surface area contributed by atoms with Gasteiger partial charge in [-0.1, -0.05) is 42.5 Å². The van der Waals surface area contributed by atoms with Crippen molar-refractivity contribution in [2.24, 2.45) is 9.98 Å². The van der Waals surface area contributed by atoms with Gasteiger partial charge in [-0.3, -0.25) is 14.5 Å². The van der Waals surface area contributed by atoms with Crippen LogP contribution in [-0.4, -0.2) is 65.4 Å². The first-order valence-electron chi connectivity index (χ1n) is 14.3. The third kappa shape index (κ3) is 8.42. The molecule has 2 aromatic heterocycles. The molecule has 0 saturated heterocycles. The molecular formula is C34H30CrN6O7S. The predicted molar refractivity (Wildman–Crippen MR) is 180 cm³/mol. The maximum absolute atomic E-state index is 11.1. The first kappa shape index (κ1) is 36.1. The first-order chi connectivity index (χ1) is 22.9. The second-order valence-corrected chi connectivity index (χ2v) is 11.7. The van der Waals surface area contributed by atoms with E-state index in [1.165, 1.54) is 52.1 Å². The van der Waals surface area contributed by atoms with Gasteiger partial charge in [0.15, 0.2) is 0 Å². The van der Waals surface area contributed by atoms with Gasteiger partial charge in [0.1, 0.15) is 22.9 Å². The van der Waals surface area contributed by atoms with Gasteiger partial charge in [0.05, 0.1) is 38.8 Å². The molecule has 15 heteroatoms. The zero-order chi connectivity index (χ0) is 34.4. The third-order valence-corrected chi connectivity index (χ3v) is 7.84. The van der Waals surface area contributed by atoms with Crippen molar-refractivity contribution in [2.45, 2.75) is 18.7 Å². The summed E-state index contributed by atoms with van der Waals surface area (Å²) in [5.41, 5.74) is 3.97. The topological polar surface area (TPSA) is 196 Å². The van der Waals surface area contributed by atoms with Crippen LogP contribution in [0.1, 0.15) is 22.5 Å². The summed E-state index contributed by atoms with van der Waals surface area (Å²) in [5, 5.41) is 48.8. The fourth-order valence-corrected chi connectivity index (χ4v) is 4.94. The van der Waals surface area contributed by atoms with E-state index in [0.29, 0.717) is 39.6 Å². The molecule has 6 aromatic rings. The number of aromatic hydroxyl groups is 4. The average molecular weight is 719 g/mol. The van der Waals surface area contributed by atoms with Gasteiger partial charge in [-0.25, -0.2) is 9.36 Å². The Balaban J connectivity index is 0.000000219. The van der Waals surface area contributed by atoms with Gasteiger partial charge >= 0.3 is 0 Å². The molecule has 0 radical (unpaired) electrons. The molecular weight excluding hydrogens is 688 g/mol. The fraction of sp³-hybridized carbons (Fsp3) is 0.0588. The van der Waals surface area contributed by atoms with Gasteiger partial charge in [-0.05, 0) is 74.5 Å². The number of benzene rings is 4. The van der Waals surface area contributed by atoms with Crippen LogP contribution in [0.2, 0.25) is 0 Å². The molecule has 5 N–H and O–H groups in total. The Bertz CT molecular complexity index is 2230. The number of hydrogen-bond donors (Lipinski definition) is 5. The number of phenolic OH excluding ortho intramolecular Hbond substituents is 2. The molecule has 0 amide bonds. The fourth-order valence-electron chi connectivity index (χ4n) is 4.46. The van der Waals surface area contributed by atoms with E-state index in [9.17, 15) is 28.8 Å². The molecule has 0 spiro atoms. The predicted octanol–water partition coefficient (Wildman–Crippen LogP) is 5.93. The van der Waals surface area contributed by atoms with Crippen molar-refractivity contribution in [3.8, 4) is 34.6 Å². The summed E-state index contributed by atoms with van der Waals surface area (Å²) < 4.78 is 33.9. The number of aliphatic imine (C=N–C) groups is 2. The second kappa shape index (κ2) is 15.5. The maximum atomic E-state index is 11.1. The molecule has 0 unspecified atom stereocenters. The second-order valence-electron chi connectivity index (χ2n) is 10.3. The number of phenols is 2. The summed E-state index contributed by atoms with van der Waals surface area (Å²) in [6.07, 6.45) is 2.89. The van der Waals surface area contributed by atoms with E-state index in [0.717, 1.165) is 5.69 Å². The zero-order valence-electron chi connectivity index (χ0n) is 26.0. The van der Waals surface area contributed by atoms with Crippen LogP contribution >= 0.6 is 0 Å². The van der Waals surface area contributed by atoms with Crippen LogP contribution in [0.25, 0.3) is 11.4 Å². The van der Waals surface area contributed by atoms with Crippen LogP contribution in [0.4, 0.5) is 11.4 Å². The van der Waals surface area contributed by atoms with Crippen molar-refractivity contribution >= 4 is 33.9 Å². The maximum Gasteiger partial charge on any atom is 0.294 e. The summed E-state index contributed by atoms with van der Waals surface area (Å²) in [7, 11) is -4.30. The summed E-state index contributed by atoms with van der Waals surface area (Å²) in [4.78, 5) is 8.11. The molecule has 6 rings (SSSR count). The number of para-hydroxylation sites is 5. The van der Waals surface area contributed by atoms with Gasteiger partial charge in [-0.2, -0.15) is 18.6 Å². The molecule has 4 aromatic carbocycles. The van der Waals surface area contributed by atoms with E-state index in [1.807, 2.05) is 30.3 Å². The van der Waals surface area contributed by atoms with Crippen LogP contribution in [0.5, 0.6) is 23.3 Å². The van der Waals surface area contributed by atoms with Gasteiger partial charge < -0.3 is 20.4 Å². The molecule has 0 aliphatic heterocycles. The number of aryl methyl sites for hydroxylation is 2. The van der Waals surface area contributed by atoms with Crippen LogP contribution in [0.15, 0.2) is 118 Å². The van der Waals surface area contributed by atoms with Crippen molar-refractivity contribution in [2.75, 3.05) is 0 Å². The Morgan fingerprint density at radius 2 is 0.980 bits per heavy atom. The van der Waals surface area contributed by atoms with E-state index < -0.39 is 10.1 Å². The van der Waals surface area contributed by atoms with E-state index in [2.05, 4.69) is 20.2 Å². The van der Waals surface area contributed by atoms with Gasteiger partial charge in [-0.15, -0.1) is 0 Å². The number of rotatable bonds is 7. The molecule has 0 atom stereocenters. The van der Waals surface area contributed by atoms with E-state index in [4.69, 9.17) is 4.55 Å². The number of hydrogen-bond acceptors (Lipinski definition) is 10. The third-order valence-electron chi connectivity index (χ3n) is 6.97. The molecule has 2 heterocycles. The van der Waals surface area contributed by atoms with Crippen LogP contribution in [0.3, 0.4) is 0 Å². The smallest absolute Gasteiger partial charge is 0.294 e. The van der Waals surface area contributed by atoms with E-state index >= 15 is 0 Å². The van der Waals surface area contributed by atoms with Crippen LogP contribution in [0, 0.1) is 13.8 Å². The van der Waals surface area contributed by atoms with E-state index in [1.54, 1.807) is 56.3 Å². The van der Waals surface area contributed by atoms with Gasteiger partial charge in [0.25, 0.3) is 10.1 Å². The Hall–Kier alpha value is -5.72. The monoisotopic (exact) mass is 718 g/mol. The molecule has 250 valence electrons. The Kier molecular flexibility index (Phi) is 11.4. The molecule has 13 nitrogen and oxygen atoms in total. The minimum absolute atomic E-state index is 0. The quantitative estimate of drug-likeness (QED) is 0.0982. The summed E-state index contributed by atoms with van der Waals surface area (Å²) >= 11 is 0. The van der Waals surface area contributed by atoms with Crippen molar-refractivity contribution in [1.82, 2.24) is 19.6 Å². The molecule has 0 bridgehead atoms. The van der Waals surface area contributed by atoms with Gasteiger partial charge in [0.2, 0.25) is 11.8 Å². The average Bonchev–Trinajstić information content (AvgIpc) is 3.53. The minimum Gasteiger partial charge on any atom is -0.506 e. The molecule has 0 fully saturated rings. The first-order valence-corrected chi connectivity index (χ1v) is 15.7. The summed E-state index contributed by atoms with van der Waals surface area (Å²) in [5.74, 6) is -0.0791. The van der Waals surface area contributed by atoms with Gasteiger partial charge in [0, 0.05) is 29.8 Å². The largest absolute Gasteiger partial charge is 0.506 e. The Morgan fingerprint density at radius 1 is 0.592 bits per heavy atom. The molecule has 49 heavy (non-hydrogen) atoms. The molecule has 0 saturated carbocycles. The molecule has 0 aliphatic carbocycles. The summed E-state index contributed by atoms with van der Waals surface area (Å²) in [6.45, 7) is 3.47. The number of nitrogens with zero attached hydrogens (tertiary/aromatic N) is 6. The summed E-state index contributed by atoms with van der Waals surface area (Å²) in [6, 6.07) is 27.9. The van der Waals surface area contributed by atoms with Crippen molar-refractivity contribution in [1.29, 1.82) is 0 Å². The SMILES string of the molecule is Cc1nn(-c2ccc(S(=O)(=O)O)cc2)c(O)c1C=Nc1ccccc1O.Cc1nn(-c2ccccc2)c(O)c1C=Nc1ccccc1O.[Cr]. The van der Waals surface area contributed by atoms with Crippen LogP contribution in [-0.2, 0) is 27.5 Å². The number of aromatic nitrogens is 4. The Labute approximate surface area is 292 Å². The minimum atomic E-state index is -4.30. The van der Waals surface area contributed by atoms with Crippen molar-refractivity contribution < 1.29 is 50.8 Å².